The zero-order valence-corrected chi connectivity index (χ0v) is 16.6. The first kappa shape index (κ1) is 21.4. The van der Waals surface area contributed by atoms with Crippen LogP contribution in [-0.2, 0) is 10.9 Å². The fraction of sp³-hybridized carbons (Fsp3) is 0.167. The summed E-state index contributed by atoms with van der Waals surface area (Å²) >= 11 is 0. The van der Waals surface area contributed by atoms with Crippen molar-refractivity contribution in [2.24, 2.45) is 0 Å². The Kier molecular flexibility index (Phi) is 5.85. The molecule has 0 saturated carbocycles. The number of carbonyl (C=O) groups is 2. The van der Waals surface area contributed by atoms with Crippen LogP contribution < -0.4 is 9.47 Å². The van der Waals surface area contributed by atoms with E-state index < -0.39 is 30.1 Å². The Morgan fingerprint density at radius 2 is 1.56 bits per heavy atom. The number of alkyl halides is 3. The molecule has 0 unspecified atom stereocenters. The lowest BCUT2D eigenvalue weighted by Gasteiger charge is -2.18. The molecular formula is C24H17F3O5. The molecule has 0 radical (unpaired) electrons. The smallest absolute Gasteiger partial charge is 0.416 e. The zero-order chi connectivity index (χ0) is 22.7. The number of rotatable bonds is 5. The Labute approximate surface area is 181 Å². The largest absolute Gasteiger partial charge is 0.486 e. The Morgan fingerprint density at radius 3 is 2.28 bits per heavy atom. The second-order valence-electron chi connectivity index (χ2n) is 6.98. The third kappa shape index (κ3) is 4.59. The Hall–Kier alpha value is -3.81. The summed E-state index contributed by atoms with van der Waals surface area (Å²) in [5, 5.41) is 0. The molecule has 0 bridgehead atoms. The maximum absolute atomic E-state index is 12.8. The van der Waals surface area contributed by atoms with Gasteiger partial charge in [-0.3, -0.25) is 4.79 Å². The Balaban J connectivity index is 1.48. The molecule has 0 aliphatic carbocycles. The molecule has 3 aromatic rings. The summed E-state index contributed by atoms with van der Waals surface area (Å²) in [6, 6.07) is 15.5. The summed E-state index contributed by atoms with van der Waals surface area (Å²) in [6.07, 6.45) is -4.45. The molecule has 0 atom stereocenters. The zero-order valence-electron chi connectivity index (χ0n) is 16.6. The van der Waals surface area contributed by atoms with Crippen molar-refractivity contribution in [3.05, 3.63) is 83.4 Å². The van der Waals surface area contributed by atoms with E-state index in [1.54, 1.807) is 30.3 Å². The molecule has 4 rings (SSSR count). The van der Waals surface area contributed by atoms with Gasteiger partial charge in [-0.1, -0.05) is 30.3 Å². The lowest BCUT2D eigenvalue weighted by Crippen LogP contribution is -2.17. The van der Waals surface area contributed by atoms with Crippen molar-refractivity contribution < 1.29 is 37.0 Å². The van der Waals surface area contributed by atoms with Gasteiger partial charge in [0.25, 0.3) is 0 Å². The fourth-order valence-electron chi connectivity index (χ4n) is 3.26. The Morgan fingerprint density at radius 1 is 0.875 bits per heavy atom. The third-order valence-electron chi connectivity index (χ3n) is 4.87. The van der Waals surface area contributed by atoms with E-state index in [2.05, 4.69) is 0 Å². The quantitative estimate of drug-likeness (QED) is 0.402. The molecular weight excluding hydrogens is 425 g/mol. The first-order valence-corrected chi connectivity index (χ1v) is 9.69. The normalized spacial score (nSPS) is 12.8. The van der Waals surface area contributed by atoms with E-state index >= 15 is 0 Å². The van der Waals surface area contributed by atoms with Crippen molar-refractivity contribution in [2.45, 2.75) is 6.18 Å². The van der Waals surface area contributed by atoms with Gasteiger partial charge in [0.05, 0.1) is 11.1 Å². The molecule has 1 heterocycles. The van der Waals surface area contributed by atoms with Crippen LogP contribution >= 0.6 is 0 Å². The van der Waals surface area contributed by atoms with Crippen molar-refractivity contribution in [1.82, 2.24) is 0 Å². The minimum Gasteiger partial charge on any atom is -0.486 e. The standard InChI is InChI=1S/C24H17F3O5/c25-24(26,27)17-8-5-15(6-9-17)18-3-1-2-4-19(18)23(29)32-14-20(28)16-7-10-21-22(13-16)31-12-11-30-21/h1-10,13H,11-12,14H2. The van der Waals surface area contributed by atoms with Gasteiger partial charge in [0, 0.05) is 5.56 Å². The fourth-order valence-corrected chi connectivity index (χ4v) is 3.26. The number of Topliss-reactive ketones (excluding diaryl/α,β-unsaturated/α-hetero) is 1. The van der Waals surface area contributed by atoms with Gasteiger partial charge in [-0.2, -0.15) is 13.2 Å². The third-order valence-corrected chi connectivity index (χ3v) is 4.87. The maximum atomic E-state index is 12.8. The van der Waals surface area contributed by atoms with Gasteiger partial charge in [0.2, 0.25) is 0 Å². The summed E-state index contributed by atoms with van der Waals surface area (Å²) in [5.41, 5.74) is 0.480. The number of carbonyl (C=O) groups excluding carboxylic acids is 2. The molecule has 0 N–H and O–H groups in total. The molecule has 0 amide bonds. The second kappa shape index (κ2) is 8.74. The molecule has 5 nitrogen and oxygen atoms in total. The van der Waals surface area contributed by atoms with Gasteiger partial charge in [0.1, 0.15) is 13.2 Å². The van der Waals surface area contributed by atoms with Crippen molar-refractivity contribution in [1.29, 1.82) is 0 Å². The van der Waals surface area contributed by atoms with Gasteiger partial charge < -0.3 is 14.2 Å². The van der Waals surface area contributed by atoms with Crippen LogP contribution in [0.3, 0.4) is 0 Å². The predicted octanol–water partition coefficient (Wildman–Crippen LogP) is 5.18. The number of hydrogen-bond acceptors (Lipinski definition) is 5. The highest BCUT2D eigenvalue weighted by Gasteiger charge is 2.30. The average Bonchev–Trinajstić information content (AvgIpc) is 2.81. The van der Waals surface area contributed by atoms with Crippen LogP contribution in [0.5, 0.6) is 11.5 Å². The van der Waals surface area contributed by atoms with Crippen molar-refractivity contribution in [3.63, 3.8) is 0 Å². The maximum Gasteiger partial charge on any atom is 0.416 e. The molecule has 32 heavy (non-hydrogen) atoms. The summed E-state index contributed by atoms with van der Waals surface area (Å²) in [4.78, 5) is 25.1. The van der Waals surface area contributed by atoms with Crippen LogP contribution in [0, 0.1) is 0 Å². The topological polar surface area (TPSA) is 61.8 Å². The van der Waals surface area contributed by atoms with E-state index in [0.717, 1.165) is 12.1 Å². The highest BCUT2D eigenvalue weighted by atomic mass is 19.4. The molecule has 0 spiro atoms. The van der Waals surface area contributed by atoms with E-state index in [1.807, 2.05) is 0 Å². The van der Waals surface area contributed by atoms with E-state index in [1.165, 1.54) is 24.3 Å². The minimum atomic E-state index is -4.45. The van der Waals surface area contributed by atoms with E-state index in [0.29, 0.717) is 41.4 Å². The van der Waals surface area contributed by atoms with Crippen LogP contribution in [0.25, 0.3) is 11.1 Å². The van der Waals surface area contributed by atoms with Gasteiger partial charge in [0.15, 0.2) is 23.9 Å². The molecule has 8 heteroatoms. The van der Waals surface area contributed by atoms with Crippen LogP contribution in [0.2, 0.25) is 0 Å². The average molecular weight is 442 g/mol. The van der Waals surface area contributed by atoms with Crippen molar-refractivity contribution in [3.8, 4) is 22.6 Å². The van der Waals surface area contributed by atoms with Gasteiger partial charge in [-0.15, -0.1) is 0 Å². The highest BCUT2D eigenvalue weighted by Crippen LogP contribution is 2.33. The van der Waals surface area contributed by atoms with Crippen molar-refractivity contribution >= 4 is 11.8 Å². The Bertz CT molecular complexity index is 1150. The SMILES string of the molecule is O=C(COC(=O)c1ccccc1-c1ccc(C(F)(F)F)cc1)c1ccc2c(c1)OCCO2. The number of benzene rings is 3. The second-order valence-corrected chi connectivity index (χ2v) is 6.98. The van der Waals surface area contributed by atoms with Gasteiger partial charge >= 0.3 is 12.1 Å². The molecule has 0 saturated heterocycles. The molecule has 1 aliphatic heterocycles. The molecule has 164 valence electrons. The molecule has 0 aromatic heterocycles. The first-order chi connectivity index (χ1) is 15.3. The van der Waals surface area contributed by atoms with Crippen LogP contribution in [-0.4, -0.2) is 31.6 Å². The minimum absolute atomic E-state index is 0.141. The van der Waals surface area contributed by atoms with Gasteiger partial charge in [-0.25, -0.2) is 4.79 Å². The molecule has 3 aromatic carbocycles. The monoisotopic (exact) mass is 442 g/mol. The van der Waals surface area contributed by atoms with E-state index in [-0.39, 0.29) is 5.56 Å². The number of ketones is 1. The van der Waals surface area contributed by atoms with E-state index in [9.17, 15) is 22.8 Å². The predicted molar refractivity (Wildman–Crippen MR) is 109 cm³/mol. The number of fused-ring (bicyclic) bond motifs is 1. The summed E-state index contributed by atoms with van der Waals surface area (Å²) < 4.78 is 54.5. The number of esters is 1. The summed E-state index contributed by atoms with van der Waals surface area (Å²) in [6.45, 7) is 0.302. The highest BCUT2D eigenvalue weighted by molar-refractivity contribution is 6.01. The van der Waals surface area contributed by atoms with Crippen LogP contribution in [0.1, 0.15) is 26.3 Å². The van der Waals surface area contributed by atoms with Crippen LogP contribution in [0.4, 0.5) is 13.2 Å². The number of ether oxygens (including phenoxy) is 3. The lowest BCUT2D eigenvalue weighted by atomic mass is 9.98. The summed E-state index contributed by atoms with van der Waals surface area (Å²) in [5.74, 6) is -0.204. The first-order valence-electron chi connectivity index (χ1n) is 9.69. The molecule has 1 aliphatic rings. The van der Waals surface area contributed by atoms with Crippen LogP contribution in [0.15, 0.2) is 66.7 Å². The lowest BCUT2D eigenvalue weighted by molar-refractivity contribution is -0.137. The summed E-state index contributed by atoms with van der Waals surface area (Å²) in [7, 11) is 0. The van der Waals surface area contributed by atoms with E-state index in [4.69, 9.17) is 14.2 Å². The number of hydrogen-bond donors (Lipinski definition) is 0. The van der Waals surface area contributed by atoms with Crippen molar-refractivity contribution in [2.75, 3.05) is 19.8 Å². The number of halogens is 3. The molecule has 0 fully saturated rings. The van der Waals surface area contributed by atoms with Gasteiger partial charge in [-0.05, 0) is 47.5 Å².